The molecule has 1 fully saturated rings. The fourth-order valence-electron chi connectivity index (χ4n) is 2.86. The van der Waals surface area contributed by atoms with Crippen LogP contribution in [0.1, 0.15) is 25.7 Å². The van der Waals surface area contributed by atoms with Gasteiger partial charge in [0.1, 0.15) is 10.8 Å². The Hall–Kier alpha value is -1.72. The number of para-hydroxylation sites is 1. The lowest BCUT2D eigenvalue weighted by atomic mass is 9.99. The van der Waals surface area contributed by atoms with Gasteiger partial charge in [0.2, 0.25) is 0 Å². The normalized spacial score (nSPS) is 18.4. The molecule has 3 nitrogen and oxygen atoms in total. The number of hydrogen-bond acceptors (Lipinski definition) is 5. The van der Waals surface area contributed by atoms with Crippen LogP contribution < -0.4 is 0 Å². The fourth-order valence-corrected chi connectivity index (χ4v) is 4.76. The third-order valence-corrected chi connectivity index (χ3v) is 6.25. The zero-order chi connectivity index (χ0) is 15.6. The van der Waals surface area contributed by atoms with Crippen molar-refractivity contribution in [2.45, 2.75) is 36.0 Å². The molecule has 4 rings (SSSR count). The van der Waals surface area contributed by atoms with Gasteiger partial charge in [0.25, 0.3) is 0 Å². The first-order valence-corrected chi connectivity index (χ1v) is 9.57. The molecule has 0 aliphatic heterocycles. The van der Waals surface area contributed by atoms with Gasteiger partial charge in [0.05, 0.1) is 15.6 Å². The van der Waals surface area contributed by atoms with Crippen LogP contribution in [0.3, 0.4) is 0 Å². The number of rotatable bonds is 3. The molecule has 1 saturated carbocycles. The van der Waals surface area contributed by atoms with E-state index < -0.39 is 0 Å². The SMILES string of the molecule is O=C1CCCCC1Sc1nc(-c2cccs2)nc2ccccc12. The van der Waals surface area contributed by atoms with Crippen molar-refractivity contribution in [1.82, 2.24) is 9.97 Å². The summed E-state index contributed by atoms with van der Waals surface area (Å²) in [5.74, 6) is 1.12. The molecule has 0 radical (unpaired) electrons. The number of aromatic nitrogens is 2. The van der Waals surface area contributed by atoms with Gasteiger partial charge in [-0.1, -0.05) is 42.4 Å². The Morgan fingerprint density at radius 2 is 2.00 bits per heavy atom. The lowest BCUT2D eigenvalue weighted by Crippen LogP contribution is -2.21. The van der Waals surface area contributed by atoms with Gasteiger partial charge >= 0.3 is 0 Å². The summed E-state index contributed by atoms with van der Waals surface area (Å²) in [6.45, 7) is 0. The summed E-state index contributed by atoms with van der Waals surface area (Å²) in [5, 5.41) is 4.04. The first-order chi connectivity index (χ1) is 11.3. The van der Waals surface area contributed by atoms with Crippen molar-refractivity contribution in [2.24, 2.45) is 0 Å². The number of ketones is 1. The van der Waals surface area contributed by atoms with Crippen molar-refractivity contribution in [1.29, 1.82) is 0 Å². The number of thiophene rings is 1. The van der Waals surface area contributed by atoms with Crippen LogP contribution in [0, 0.1) is 0 Å². The molecule has 1 aliphatic carbocycles. The fraction of sp³-hybridized carbons (Fsp3) is 0.278. The molecular formula is C18H16N2OS2. The van der Waals surface area contributed by atoms with Gasteiger partial charge in [0.15, 0.2) is 5.82 Å². The monoisotopic (exact) mass is 340 g/mol. The molecule has 23 heavy (non-hydrogen) atoms. The molecule has 0 amide bonds. The molecule has 0 N–H and O–H groups in total. The van der Waals surface area contributed by atoms with Gasteiger partial charge in [-0.2, -0.15) is 0 Å². The van der Waals surface area contributed by atoms with E-state index in [4.69, 9.17) is 9.97 Å². The molecule has 1 atom stereocenters. The van der Waals surface area contributed by atoms with Gasteiger partial charge in [-0.05, 0) is 30.4 Å². The Labute approximate surface area is 143 Å². The maximum absolute atomic E-state index is 12.2. The highest BCUT2D eigenvalue weighted by atomic mass is 32.2. The lowest BCUT2D eigenvalue weighted by Gasteiger charge is -2.20. The second-order valence-electron chi connectivity index (χ2n) is 5.67. The minimum Gasteiger partial charge on any atom is -0.298 e. The summed E-state index contributed by atoms with van der Waals surface area (Å²) < 4.78 is 0. The first-order valence-electron chi connectivity index (χ1n) is 7.81. The van der Waals surface area contributed by atoms with Crippen LogP contribution in [-0.4, -0.2) is 21.0 Å². The standard InChI is InChI=1S/C18H16N2OS2/c21-14-8-3-4-9-15(14)23-18-12-6-1-2-7-13(12)19-17(20-18)16-10-5-11-22-16/h1-2,5-7,10-11,15H,3-4,8-9H2. The third kappa shape index (κ3) is 3.03. The van der Waals surface area contributed by atoms with E-state index in [2.05, 4.69) is 0 Å². The van der Waals surface area contributed by atoms with Crippen LogP contribution in [0.4, 0.5) is 0 Å². The molecule has 1 aromatic carbocycles. The number of carbonyl (C=O) groups excluding carboxylic acids is 1. The largest absolute Gasteiger partial charge is 0.298 e. The Morgan fingerprint density at radius 3 is 2.83 bits per heavy atom. The minimum absolute atomic E-state index is 0.0400. The quantitative estimate of drug-likeness (QED) is 0.632. The van der Waals surface area contributed by atoms with Crippen LogP contribution in [0.15, 0.2) is 46.8 Å². The summed E-state index contributed by atoms with van der Waals surface area (Å²) in [5.41, 5.74) is 0.941. The van der Waals surface area contributed by atoms with Gasteiger partial charge in [0, 0.05) is 11.8 Å². The number of hydrogen-bond donors (Lipinski definition) is 0. The Bertz CT molecular complexity index is 845. The van der Waals surface area contributed by atoms with Gasteiger partial charge < -0.3 is 0 Å². The Morgan fingerprint density at radius 1 is 1.09 bits per heavy atom. The average Bonchev–Trinajstić information content (AvgIpc) is 3.11. The second kappa shape index (κ2) is 6.42. The number of nitrogens with zero attached hydrogens (tertiary/aromatic N) is 2. The van der Waals surface area contributed by atoms with Crippen molar-refractivity contribution in [3.8, 4) is 10.7 Å². The topological polar surface area (TPSA) is 42.9 Å². The van der Waals surface area contributed by atoms with E-state index in [9.17, 15) is 4.79 Å². The zero-order valence-electron chi connectivity index (χ0n) is 12.6. The van der Waals surface area contributed by atoms with Crippen molar-refractivity contribution in [2.75, 3.05) is 0 Å². The molecule has 1 aliphatic rings. The molecule has 3 aromatic rings. The summed E-state index contributed by atoms with van der Waals surface area (Å²) in [4.78, 5) is 22.7. The van der Waals surface area contributed by atoms with E-state index in [-0.39, 0.29) is 5.25 Å². The Balaban J connectivity index is 1.78. The Kier molecular flexibility index (Phi) is 4.14. The van der Waals surface area contributed by atoms with Crippen molar-refractivity contribution in [3.05, 3.63) is 41.8 Å². The lowest BCUT2D eigenvalue weighted by molar-refractivity contribution is -0.119. The molecule has 116 valence electrons. The van der Waals surface area contributed by atoms with E-state index in [1.165, 1.54) is 0 Å². The molecule has 0 bridgehead atoms. The number of Topliss-reactive ketones (excluding diaryl/α,β-unsaturated/α-hetero) is 1. The predicted octanol–water partition coefficient (Wildman–Crippen LogP) is 4.96. The van der Waals surface area contributed by atoms with Gasteiger partial charge in [-0.15, -0.1) is 11.3 Å². The van der Waals surface area contributed by atoms with Crippen LogP contribution in [0.25, 0.3) is 21.6 Å². The smallest absolute Gasteiger partial charge is 0.171 e. The van der Waals surface area contributed by atoms with E-state index in [1.807, 2.05) is 41.8 Å². The molecule has 0 saturated heterocycles. The van der Waals surface area contributed by atoms with Crippen LogP contribution in [-0.2, 0) is 4.79 Å². The summed E-state index contributed by atoms with van der Waals surface area (Å²) in [6.07, 6.45) is 3.82. The van der Waals surface area contributed by atoms with Crippen molar-refractivity contribution in [3.63, 3.8) is 0 Å². The summed E-state index contributed by atoms with van der Waals surface area (Å²) in [7, 11) is 0. The van der Waals surface area contributed by atoms with Crippen LogP contribution in [0.5, 0.6) is 0 Å². The van der Waals surface area contributed by atoms with Gasteiger partial charge in [-0.3, -0.25) is 4.79 Å². The maximum Gasteiger partial charge on any atom is 0.171 e. The zero-order valence-corrected chi connectivity index (χ0v) is 14.2. The minimum atomic E-state index is 0.0400. The molecule has 2 aromatic heterocycles. The highest BCUT2D eigenvalue weighted by Crippen LogP contribution is 2.35. The van der Waals surface area contributed by atoms with E-state index in [0.717, 1.165) is 45.9 Å². The highest BCUT2D eigenvalue weighted by molar-refractivity contribution is 8.00. The van der Waals surface area contributed by atoms with E-state index in [0.29, 0.717) is 12.2 Å². The molecule has 0 spiro atoms. The summed E-state index contributed by atoms with van der Waals surface area (Å²) in [6, 6.07) is 12.1. The number of thioether (sulfide) groups is 1. The molecule has 2 heterocycles. The molecular weight excluding hydrogens is 324 g/mol. The van der Waals surface area contributed by atoms with Crippen LogP contribution in [0.2, 0.25) is 0 Å². The first kappa shape index (κ1) is 14.8. The predicted molar refractivity (Wildman–Crippen MR) is 96.0 cm³/mol. The highest BCUT2D eigenvalue weighted by Gasteiger charge is 2.25. The van der Waals surface area contributed by atoms with Crippen LogP contribution >= 0.6 is 23.1 Å². The number of benzene rings is 1. The summed E-state index contributed by atoms with van der Waals surface area (Å²) >= 11 is 3.26. The maximum atomic E-state index is 12.2. The van der Waals surface area contributed by atoms with Crippen molar-refractivity contribution < 1.29 is 4.79 Å². The van der Waals surface area contributed by atoms with E-state index in [1.54, 1.807) is 23.1 Å². The van der Waals surface area contributed by atoms with Crippen molar-refractivity contribution >= 4 is 39.8 Å². The molecule has 1 unspecified atom stereocenters. The van der Waals surface area contributed by atoms with Gasteiger partial charge in [-0.25, -0.2) is 9.97 Å². The van der Waals surface area contributed by atoms with E-state index >= 15 is 0 Å². The second-order valence-corrected chi connectivity index (χ2v) is 7.80. The third-order valence-electron chi connectivity index (χ3n) is 4.06. The number of fused-ring (bicyclic) bond motifs is 1. The number of carbonyl (C=O) groups is 1. The average molecular weight is 340 g/mol. The molecule has 5 heteroatoms.